The van der Waals surface area contributed by atoms with Gasteiger partial charge in [-0.05, 0) is 24.4 Å². The fourth-order valence-corrected chi connectivity index (χ4v) is 3.54. The number of hydrogen-bond donors (Lipinski definition) is 1. The molecule has 2 radical (unpaired) electrons. The minimum Gasteiger partial charge on any atom is -0.412 e. The van der Waals surface area contributed by atoms with E-state index in [9.17, 15) is 0 Å². The minimum atomic E-state index is -0.0876. The average Bonchev–Trinajstić information content (AvgIpc) is 2.87. The summed E-state index contributed by atoms with van der Waals surface area (Å²) in [5.41, 5.74) is 1.34. The van der Waals surface area contributed by atoms with Crippen molar-refractivity contribution in [2.75, 3.05) is 13.1 Å². The van der Waals surface area contributed by atoms with E-state index in [0.717, 1.165) is 13.1 Å². The molecular weight excluding hydrogens is 262 g/mol. The van der Waals surface area contributed by atoms with Crippen LogP contribution in [-0.4, -0.2) is 28.5 Å². The molecule has 2 rings (SSSR count). The fourth-order valence-electron chi connectivity index (χ4n) is 2.82. The van der Waals surface area contributed by atoms with Gasteiger partial charge in [-0.15, -0.1) is 0 Å². The summed E-state index contributed by atoms with van der Waals surface area (Å²) in [6, 6.07) is 10.8. The lowest BCUT2D eigenvalue weighted by Gasteiger charge is -2.37. The maximum atomic E-state index is 6.32. The molecule has 2 atom stereocenters. The Kier molecular flexibility index (Phi) is 4.72. The van der Waals surface area contributed by atoms with Crippen LogP contribution >= 0.6 is 0 Å². The summed E-state index contributed by atoms with van der Waals surface area (Å²) < 4.78 is 6.32. The van der Waals surface area contributed by atoms with E-state index in [1.54, 1.807) is 0 Å². The third-order valence-electron chi connectivity index (χ3n) is 3.96. The van der Waals surface area contributed by atoms with Crippen LogP contribution in [0, 0.1) is 5.92 Å². The van der Waals surface area contributed by atoms with Crippen LogP contribution in [0.4, 0.5) is 0 Å². The first-order valence-electron chi connectivity index (χ1n) is 7.50. The Morgan fingerprint density at radius 2 is 1.70 bits per heavy atom. The highest BCUT2D eigenvalue weighted by molar-refractivity contribution is 6.31. The van der Waals surface area contributed by atoms with Crippen LogP contribution in [0.5, 0.6) is 0 Å². The van der Waals surface area contributed by atoms with Gasteiger partial charge in [0.05, 0.1) is 5.60 Å². The molecule has 0 spiro atoms. The van der Waals surface area contributed by atoms with Gasteiger partial charge in [0.15, 0.2) is 0 Å². The quantitative estimate of drug-likeness (QED) is 0.855. The first kappa shape index (κ1) is 15.7. The van der Waals surface area contributed by atoms with Crippen LogP contribution < -0.4 is 5.32 Å². The van der Waals surface area contributed by atoms with Gasteiger partial charge in [0, 0.05) is 24.9 Å². The summed E-state index contributed by atoms with van der Waals surface area (Å²) in [6.45, 7) is 13.3. The molecule has 0 aromatic heterocycles. The van der Waals surface area contributed by atoms with Crippen molar-refractivity contribution in [1.82, 2.24) is 5.32 Å². The molecule has 1 fully saturated rings. The van der Waals surface area contributed by atoms with E-state index in [0.29, 0.717) is 21.6 Å². The van der Waals surface area contributed by atoms with Crippen molar-refractivity contribution < 1.29 is 4.43 Å². The largest absolute Gasteiger partial charge is 0.412 e. The van der Waals surface area contributed by atoms with E-state index in [-0.39, 0.29) is 10.6 Å². The molecule has 2 nitrogen and oxygen atoms in total. The van der Waals surface area contributed by atoms with Gasteiger partial charge in [0.25, 0.3) is 0 Å². The van der Waals surface area contributed by atoms with Gasteiger partial charge in [-0.1, -0.05) is 51.1 Å². The predicted molar refractivity (Wildman–Crippen MR) is 86.2 cm³/mol. The molecule has 0 saturated carbocycles. The lowest BCUT2D eigenvalue weighted by Crippen LogP contribution is -2.40. The molecule has 1 aromatic rings. The molecule has 1 N–H and O–H groups in total. The minimum absolute atomic E-state index is 0.0876. The van der Waals surface area contributed by atoms with Crippen molar-refractivity contribution in [2.24, 2.45) is 5.92 Å². The van der Waals surface area contributed by atoms with E-state index in [1.165, 1.54) is 5.56 Å². The van der Waals surface area contributed by atoms with Gasteiger partial charge >= 0.3 is 0 Å². The maximum absolute atomic E-state index is 6.32. The van der Waals surface area contributed by atoms with Crippen molar-refractivity contribution >= 4 is 9.76 Å². The lowest BCUT2D eigenvalue weighted by atomic mass is 9.79. The highest BCUT2D eigenvalue weighted by atomic mass is 28.2. The number of rotatable bonds is 4. The average molecular weight is 289 g/mol. The molecular formula is C17H27NOSi. The Morgan fingerprint density at radius 1 is 1.05 bits per heavy atom. The summed E-state index contributed by atoms with van der Waals surface area (Å²) in [6.07, 6.45) is 0. The predicted octanol–water partition coefficient (Wildman–Crippen LogP) is 3.62. The standard InChI is InChI=1S/C17H27NOSi/c1-16(2,3)20-19-17(4,5)15-12-18-11-14(15)13-9-7-6-8-10-13/h6-10,14-15,18H,11-12H2,1-5H3/t14-,15+/m1/s1. The molecule has 1 saturated heterocycles. The third-order valence-corrected chi connectivity index (χ3v) is 5.20. The summed E-state index contributed by atoms with van der Waals surface area (Å²) in [7, 11) is 0.539. The van der Waals surface area contributed by atoms with Gasteiger partial charge in [0.2, 0.25) is 9.76 Å². The molecule has 1 aliphatic heterocycles. The number of hydrogen-bond acceptors (Lipinski definition) is 2. The molecule has 110 valence electrons. The first-order valence-corrected chi connectivity index (χ1v) is 8.41. The van der Waals surface area contributed by atoms with Crippen LogP contribution in [0.2, 0.25) is 5.04 Å². The van der Waals surface area contributed by atoms with Crippen LogP contribution in [0.15, 0.2) is 30.3 Å². The van der Waals surface area contributed by atoms with E-state index < -0.39 is 0 Å². The maximum Gasteiger partial charge on any atom is 0.236 e. The molecule has 1 aromatic carbocycles. The van der Waals surface area contributed by atoms with Gasteiger partial charge < -0.3 is 9.74 Å². The second-order valence-corrected chi connectivity index (χ2v) is 9.25. The van der Waals surface area contributed by atoms with Crippen molar-refractivity contribution in [3.63, 3.8) is 0 Å². The molecule has 0 amide bonds. The summed E-state index contributed by atoms with van der Waals surface area (Å²) >= 11 is 0. The summed E-state index contributed by atoms with van der Waals surface area (Å²) in [5, 5.41) is 3.79. The zero-order valence-electron chi connectivity index (χ0n) is 13.4. The summed E-state index contributed by atoms with van der Waals surface area (Å²) in [4.78, 5) is 0. The highest BCUT2D eigenvalue weighted by Gasteiger charge is 2.40. The second kappa shape index (κ2) is 6.00. The monoisotopic (exact) mass is 289 g/mol. The van der Waals surface area contributed by atoms with E-state index in [4.69, 9.17) is 4.43 Å². The smallest absolute Gasteiger partial charge is 0.236 e. The third kappa shape index (κ3) is 3.93. The second-order valence-electron chi connectivity index (χ2n) is 7.34. The Morgan fingerprint density at radius 3 is 2.30 bits per heavy atom. The SMILES string of the molecule is CC(C)(C)[Si]OC(C)(C)[C@H]1CNC[C@@H]1c1ccccc1. The van der Waals surface area contributed by atoms with Gasteiger partial charge in [-0.25, -0.2) is 0 Å². The number of nitrogens with one attached hydrogen (secondary N) is 1. The number of benzene rings is 1. The Hall–Kier alpha value is -0.643. The Bertz CT molecular complexity index is 424. The van der Waals surface area contributed by atoms with Crippen LogP contribution in [0.1, 0.15) is 46.1 Å². The van der Waals surface area contributed by atoms with Crippen LogP contribution in [0.3, 0.4) is 0 Å². The summed E-state index contributed by atoms with van der Waals surface area (Å²) in [5.74, 6) is 1.08. The van der Waals surface area contributed by atoms with Crippen molar-refractivity contribution in [1.29, 1.82) is 0 Å². The van der Waals surface area contributed by atoms with Crippen molar-refractivity contribution in [3.05, 3.63) is 35.9 Å². The van der Waals surface area contributed by atoms with E-state index >= 15 is 0 Å². The zero-order chi connectivity index (χ0) is 14.8. The van der Waals surface area contributed by atoms with Gasteiger partial charge in [-0.2, -0.15) is 0 Å². The molecule has 0 bridgehead atoms. The fraction of sp³-hybridized carbons (Fsp3) is 0.647. The molecule has 3 heteroatoms. The molecule has 1 heterocycles. The molecule has 0 aliphatic carbocycles. The Balaban J connectivity index is 2.10. The van der Waals surface area contributed by atoms with Gasteiger partial charge in [0.1, 0.15) is 0 Å². The topological polar surface area (TPSA) is 21.3 Å². The lowest BCUT2D eigenvalue weighted by molar-refractivity contribution is 0.0447. The van der Waals surface area contributed by atoms with Crippen LogP contribution in [-0.2, 0) is 4.43 Å². The highest BCUT2D eigenvalue weighted by Crippen LogP contribution is 2.38. The van der Waals surface area contributed by atoms with E-state index in [2.05, 4.69) is 70.3 Å². The van der Waals surface area contributed by atoms with E-state index in [1.807, 2.05) is 0 Å². The molecule has 0 unspecified atom stereocenters. The van der Waals surface area contributed by atoms with Crippen molar-refractivity contribution in [3.8, 4) is 0 Å². The molecule has 1 aliphatic rings. The Labute approximate surface area is 126 Å². The zero-order valence-corrected chi connectivity index (χ0v) is 14.4. The first-order chi connectivity index (χ1) is 9.30. The van der Waals surface area contributed by atoms with Crippen molar-refractivity contribution in [2.45, 2.75) is 51.2 Å². The molecule has 20 heavy (non-hydrogen) atoms. The van der Waals surface area contributed by atoms with Crippen LogP contribution in [0.25, 0.3) is 0 Å². The van der Waals surface area contributed by atoms with Gasteiger partial charge in [-0.3, -0.25) is 0 Å². The normalized spacial score (nSPS) is 24.1.